The van der Waals surface area contributed by atoms with Crippen molar-refractivity contribution in [3.63, 3.8) is 0 Å². The van der Waals surface area contributed by atoms with Crippen LogP contribution in [0.2, 0.25) is 0 Å². The molecule has 15 heavy (non-hydrogen) atoms. The molecule has 3 nitrogen and oxygen atoms in total. The Bertz CT molecular complexity index is 415. The molecule has 0 aliphatic carbocycles. The van der Waals surface area contributed by atoms with Crippen LogP contribution in [0.25, 0.3) is 0 Å². The van der Waals surface area contributed by atoms with Gasteiger partial charge in [0, 0.05) is 17.7 Å². The molecule has 1 aliphatic rings. The number of hydrogen-bond acceptors (Lipinski definition) is 4. The maximum absolute atomic E-state index is 11.3. The zero-order chi connectivity index (χ0) is 10.7. The summed E-state index contributed by atoms with van der Waals surface area (Å²) in [6, 6.07) is 7.05. The van der Waals surface area contributed by atoms with Gasteiger partial charge in [-0.15, -0.1) is 0 Å². The SMILES string of the molecule is O=C1SCC/C1=N\Cc1ccccc1O. The fourth-order valence-corrected chi connectivity index (χ4v) is 2.21. The summed E-state index contributed by atoms with van der Waals surface area (Å²) < 4.78 is 0. The average molecular weight is 221 g/mol. The number of thioether (sulfide) groups is 1. The molecule has 4 heteroatoms. The van der Waals surface area contributed by atoms with Crippen LogP contribution in [0.3, 0.4) is 0 Å². The lowest BCUT2D eigenvalue weighted by atomic mass is 10.2. The van der Waals surface area contributed by atoms with E-state index >= 15 is 0 Å². The fourth-order valence-electron chi connectivity index (χ4n) is 1.39. The van der Waals surface area contributed by atoms with E-state index in [1.54, 1.807) is 12.1 Å². The minimum atomic E-state index is 0.0745. The first-order valence-electron chi connectivity index (χ1n) is 4.74. The molecule has 0 atom stereocenters. The van der Waals surface area contributed by atoms with E-state index in [1.165, 1.54) is 11.8 Å². The van der Waals surface area contributed by atoms with Gasteiger partial charge in [-0.2, -0.15) is 0 Å². The highest BCUT2D eigenvalue weighted by Gasteiger charge is 2.19. The van der Waals surface area contributed by atoms with E-state index in [1.807, 2.05) is 12.1 Å². The number of nitrogens with zero attached hydrogens (tertiary/aromatic N) is 1. The Morgan fingerprint density at radius 3 is 2.87 bits per heavy atom. The summed E-state index contributed by atoms with van der Waals surface area (Å²) in [5.74, 6) is 1.07. The Morgan fingerprint density at radius 1 is 1.40 bits per heavy atom. The quantitative estimate of drug-likeness (QED) is 0.831. The highest BCUT2D eigenvalue weighted by Crippen LogP contribution is 2.20. The number of carbonyl (C=O) groups is 1. The van der Waals surface area contributed by atoms with Crippen molar-refractivity contribution in [2.24, 2.45) is 4.99 Å². The second-order valence-corrected chi connectivity index (χ2v) is 4.35. The molecule has 0 amide bonds. The highest BCUT2D eigenvalue weighted by molar-refractivity contribution is 8.16. The number of aliphatic imine (C=N–C) groups is 1. The molecule has 1 aromatic carbocycles. The van der Waals surface area contributed by atoms with Crippen LogP contribution >= 0.6 is 11.8 Å². The number of carbonyl (C=O) groups excluding carboxylic acids is 1. The molecule has 78 valence electrons. The molecule has 1 fully saturated rings. The second kappa shape index (κ2) is 4.49. The molecular weight excluding hydrogens is 210 g/mol. The minimum absolute atomic E-state index is 0.0745. The molecule has 1 heterocycles. The number of hydrogen-bond donors (Lipinski definition) is 1. The highest BCUT2D eigenvalue weighted by atomic mass is 32.2. The van der Waals surface area contributed by atoms with Gasteiger partial charge in [0.2, 0.25) is 5.12 Å². The summed E-state index contributed by atoms with van der Waals surface area (Å²) in [4.78, 5) is 15.5. The monoisotopic (exact) mass is 221 g/mol. The van der Waals surface area contributed by atoms with Crippen LogP contribution in [0.15, 0.2) is 29.3 Å². The van der Waals surface area contributed by atoms with Crippen molar-refractivity contribution >= 4 is 22.6 Å². The summed E-state index contributed by atoms with van der Waals surface area (Å²) in [7, 11) is 0. The van der Waals surface area contributed by atoms with E-state index in [0.717, 1.165) is 17.7 Å². The molecule has 0 saturated carbocycles. The fraction of sp³-hybridized carbons (Fsp3) is 0.273. The van der Waals surface area contributed by atoms with Crippen molar-refractivity contribution in [1.29, 1.82) is 0 Å². The van der Waals surface area contributed by atoms with Gasteiger partial charge in [0.15, 0.2) is 0 Å². The standard InChI is InChI=1S/C11H11NO2S/c13-10-4-2-1-3-8(10)7-12-9-5-6-15-11(9)14/h1-4,13H,5-7H2/b12-9+. The summed E-state index contributed by atoms with van der Waals surface area (Å²) >= 11 is 1.31. The third-order valence-corrected chi connectivity index (χ3v) is 3.15. The zero-order valence-corrected chi connectivity index (χ0v) is 8.96. The molecule has 0 bridgehead atoms. The molecule has 1 saturated heterocycles. The van der Waals surface area contributed by atoms with Gasteiger partial charge in [0.05, 0.1) is 12.3 Å². The summed E-state index contributed by atoms with van der Waals surface area (Å²) in [6.45, 7) is 0.383. The van der Waals surface area contributed by atoms with Gasteiger partial charge in [-0.05, 0) is 6.07 Å². The topological polar surface area (TPSA) is 49.7 Å². The van der Waals surface area contributed by atoms with Gasteiger partial charge in [0.25, 0.3) is 0 Å². The first kappa shape index (κ1) is 10.2. The van der Waals surface area contributed by atoms with Gasteiger partial charge in [-0.1, -0.05) is 30.0 Å². The Kier molecular flexibility index (Phi) is 3.06. The van der Waals surface area contributed by atoms with Crippen LogP contribution in [-0.2, 0) is 11.3 Å². The molecule has 1 N–H and O–H groups in total. The van der Waals surface area contributed by atoms with E-state index in [0.29, 0.717) is 12.3 Å². The van der Waals surface area contributed by atoms with Crippen LogP contribution in [-0.4, -0.2) is 21.7 Å². The zero-order valence-electron chi connectivity index (χ0n) is 8.14. The first-order chi connectivity index (χ1) is 7.27. The average Bonchev–Trinajstić information content (AvgIpc) is 2.63. The number of phenolic OH excluding ortho intramolecular Hbond substituents is 1. The Morgan fingerprint density at radius 2 is 2.20 bits per heavy atom. The summed E-state index contributed by atoms with van der Waals surface area (Å²) in [5, 5.41) is 9.57. The maximum Gasteiger partial charge on any atom is 0.233 e. The van der Waals surface area contributed by atoms with Crippen molar-refractivity contribution in [1.82, 2.24) is 0 Å². The molecule has 1 aromatic rings. The van der Waals surface area contributed by atoms with Crippen LogP contribution in [0.5, 0.6) is 5.75 Å². The van der Waals surface area contributed by atoms with Gasteiger partial charge in [0.1, 0.15) is 5.75 Å². The van der Waals surface area contributed by atoms with E-state index in [2.05, 4.69) is 4.99 Å². The molecule has 2 rings (SSSR count). The minimum Gasteiger partial charge on any atom is -0.508 e. The van der Waals surface area contributed by atoms with Crippen LogP contribution in [0, 0.1) is 0 Å². The lowest BCUT2D eigenvalue weighted by molar-refractivity contribution is -0.105. The molecule has 0 spiro atoms. The van der Waals surface area contributed by atoms with Gasteiger partial charge in [-0.25, -0.2) is 0 Å². The number of benzene rings is 1. The smallest absolute Gasteiger partial charge is 0.233 e. The number of rotatable bonds is 2. The van der Waals surface area contributed by atoms with Gasteiger partial charge < -0.3 is 5.11 Å². The van der Waals surface area contributed by atoms with Gasteiger partial charge in [-0.3, -0.25) is 9.79 Å². The molecule has 1 aliphatic heterocycles. The van der Waals surface area contributed by atoms with Crippen molar-refractivity contribution in [2.45, 2.75) is 13.0 Å². The normalized spacial score (nSPS) is 18.7. The Hall–Kier alpha value is -1.29. The Labute approximate surface area is 92.2 Å². The predicted molar refractivity (Wildman–Crippen MR) is 61.3 cm³/mol. The van der Waals surface area contributed by atoms with Crippen molar-refractivity contribution < 1.29 is 9.90 Å². The Balaban J connectivity index is 2.10. The molecule has 0 aromatic heterocycles. The van der Waals surface area contributed by atoms with Crippen LogP contribution in [0.1, 0.15) is 12.0 Å². The lowest BCUT2D eigenvalue weighted by Gasteiger charge is -2.00. The second-order valence-electron chi connectivity index (χ2n) is 3.28. The summed E-state index contributed by atoms with van der Waals surface area (Å²) in [5.41, 5.74) is 1.40. The largest absolute Gasteiger partial charge is 0.508 e. The maximum atomic E-state index is 11.3. The van der Waals surface area contributed by atoms with Crippen molar-refractivity contribution in [3.8, 4) is 5.75 Å². The number of phenols is 1. The molecule has 0 unspecified atom stereocenters. The number of aromatic hydroxyl groups is 1. The van der Waals surface area contributed by atoms with Crippen LogP contribution in [0.4, 0.5) is 0 Å². The van der Waals surface area contributed by atoms with E-state index in [4.69, 9.17) is 0 Å². The van der Waals surface area contributed by atoms with E-state index in [9.17, 15) is 9.90 Å². The molecule has 0 radical (unpaired) electrons. The summed E-state index contributed by atoms with van der Waals surface area (Å²) in [6.07, 6.45) is 0.747. The van der Waals surface area contributed by atoms with Crippen molar-refractivity contribution in [3.05, 3.63) is 29.8 Å². The third-order valence-electron chi connectivity index (χ3n) is 2.24. The third kappa shape index (κ3) is 2.39. The van der Waals surface area contributed by atoms with E-state index < -0.39 is 0 Å². The lowest BCUT2D eigenvalue weighted by Crippen LogP contribution is -2.02. The van der Waals surface area contributed by atoms with Crippen molar-refractivity contribution in [2.75, 3.05) is 5.75 Å². The predicted octanol–water partition coefficient (Wildman–Crippen LogP) is 2.00. The molecular formula is C11H11NO2S. The van der Waals surface area contributed by atoms with Crippen LogP contribution < -0.4 is 0 Å². The van der Waals surface area contributed by atoms with E-state index in [-0.39, 0.29) is 10.9 Å². The number of para-hydroxylation sites is 1. The first-order valence-corrected chi connectivity index (χ1v) is 5.73. The van der Waals surface area contributed by atoms with Gasteiger partial charge >= 0.3 is 0 Å².